The number of benzene rings is 3. The summed E-state index contributed by atoms with van der Waals surface area (Å²) in [5, 5.41) is 9.20. The molecule has 1 fully saturated rings. The summed E-state index contributed by atoms with van der Waals surface area (Å²) >= 11 is 0. The molecule has 31 heavy (non-hydrogen) atoms. The number of fused-ring (bicyclic) bond motifs is 2. The van der Waals surface area contributed by atoms with Gasteiger partial charge in [-0.2, -0.15) is 5.10 Å². The average molecular weight is 458 g/mol. The highest BCUT2D eigenvalue weighted by atomic mass is 35.5. The van der Waals surface area contributed by atoms with E-state index < -0.39 is 9.84 Å². The monoisotopic (exact) mass is 457 g/mol. The van der Waals surface area contributed by atoms with Crippen molar-refractivity contribution in [1.29, 1.82) is 0 Å². The molecule has 1 N–H and O–H groups in total. The predicted molar refractivity (Wildman–Crippen MR) is 124 cm³/mol. The molecule has 0 spiro atoms. The van der Waals surface area contributed by atoms with Gasteiger partial charge in [0.25, 0.3) is 0 Å². The molecule has 1 unspecified atom stereocenters. The number of halogens is 1. The van der Waals surface area contributed by atoms with Crippen LogP contribution in [0.15, 0.2) is 70.6 Å². The first-order valence-electron chi connectivity index (χ1n) is 10.2. The average Bonchev–Trinajstić information content (AvgIpc) is 3.40. The van der Waals surface area contributed by atoms with Crippen molar-refractivity contribution in [3.05, 3.63) is 60.7 Å². The lowest BCUT2D eigenvalue weighted by Gasteiger charge is -2.15. The zero-order valence-electron chi connectivity index (χ0n) is 17.1. The van der Waals surface area contributed by atoms with Gasteiger partial charge in [0.15, 0.2) is 5.03 Å². The van der Waals surface area contributed by atoms with Gasteiger partial charge in [-0.3, -0.25) is 10.00 Å². The lowest BCUT2D eigenvalue weighted by Crippen LogP contribution is -2.24. The Labute approximate surface area is 187 Å². The Balaban J connectivity index is 0.00000231. The van der Waals surface area contributed by atoms with Gasteiger partial charge in [0.1, 0.15) is 11.9 Å². The molecule has 1 aliphatic rings. The molecule has 0 radical (unpaired) electrons. The van der Waals surface area contributed by atoms with E-state index in [4.69, 9.17) is 4.74 Å². The standard InChI is InChI=1S/C23H23N3O3S.ClH/c1-2-26-13-12-18(15-26)29-17-10-11-21-20(14-17)23(25-24-21)30(27,28)22-9-5-7-16-6-3-4-8-19(16)22;/h3-11,14,18H,2,12-13,15H2,1H3,(H,24,25);1H. The van der Waals surface area contributed by atoms with Gasteiger partial charge in [-0.1, -0.05) is 43.3 Å². The second-order valence-corrected chi connectivity index (χ2v) is 9.49. The molecule has 8 heteroatoms. The molecule has 0 saturated carbocycles. The minimum atomic E-state index is -3.79. The number of aromatic amines is 1. The number of nitrogens with zero attached hydrogens (tertiary/aromatic N) is 2. The van der Waals surface area contributed by atoms with Crippen molar-refractivity contribution < 1.29 is 13.2 Å². The first-order valence-corrected chi connectivity index (χ1v) is 11.6. The Morgan fingerprint density at radius 3 is 2.71 bits per heavy atom. The topological polar surface area (TPSA) is 75.3 Å². The minimum absolute atomic E-state index is 0. The number of hydrogen-bond donors (Lipinski definition) is 1. The maximum Gasteiger partial charge on any atom is 0.224 e. The quantitative estimate of drug-likeness (QED) is 0.479. The Morgan fingerprint density at radius 1 is 1.10 bits per heavy atom. The van der Waals surface area contributed by atoms with Gasteiger partial charge in [0, 0.05) is 23.9 Å². The smallest absolute Gasteiger partial charge is 0.224 e. The van der Waals surface area contributed by atoms with Crippen LogP contribution in [-0.4, -0.2) is 49.3 Å². The molecule has 3 aromatic carbocycles. The molecule has 4 aromatic rings. The summed E-state index contributed by atoms with van der Waals surface area (Å²) < 4.78 is 33.2. The second-order valence-electron chi connectivity index (χ2n) is 7.63. The minimum Gasteiger partial charge on any atom is -0.489 e. The van der Waals surface area contributed by atoms with Crippen LogP contribution >= 0.6 is 12.4 Å². The molecule has 162 valence electrons. The number of aromatic nitrogens is 2. The molecule has 2 heterocycles. The van der Waals surface area contributed by atoms with E-state index in [1.807, 2.05) is 36.4 Å². The van der Waals surface area contributed by atoms with E-state index in [0.717, 1.165) is 31.4 Å². The fourth-order valence-corrected chi connectivity index (χ4v) is 5.73. The molecular formula is C23H24ClN3O3S. The maximum absolute atomic E-state index is 13.5. The summed E-state index contributed by atoms with van der Waals surface area (Å²) in [7, 11) is -3.79. The lowest BCUT2D eigenvalue weighted by molar-refractivity contribution is 0.203. The normalized spacial score (nSPS) is 17.1. The van der Waals surface area contributed by atoms with E-state index in [1.165, 1.54) is 0 Å². The first kappa shape index (κ1) is 21.6. The van der Waals surface area contributed by atoms with Crippen molar-refractivity contribution in [1.82, 2.24) is 15.1 Å². The predicted octanol–water partition coefficient (Wildman–Crippen LogP) is 4.44. The van der Waals surface area contributed by atoms with E-state index >= 15 is 0 Å². The van der Waals surface area contributed by atoms with Crippen molar-refractivity contribution in [3.8, 4) is 5.75 Å². The summed E-state index contributed by atoms with van der Waals surface area (Å²) in [6, 6.07) is 18.2. The Bertz CT molecular complexity index is 1330. The third-order valence-electron chi connectivity index (χ3n) is 5.78. The summed E-state index contributed by atoms with van der Waals surface area (Å²) in [4.78, 5) is 2.61. The number of hydrogen-bond acceptors (Lipinski definition) is 5. The SMILES string of the molecule is CCN1CCC(Oc2ccc3n[nH]c(S(=O)(=O)c4cccc5ccccc45)c3c2)C1.Cl. The summed E-state index contributed by atoms with van der Waals surface area (Å²) in [5.74, 6) is 0.668. The largest absolute Gasteiger partial charge is 0.489 e. The number of sulfone groups is 1. The number of H-pyrrole nitrogens is 1. The molecule has 0 aliphatic carbocycles. The van der Waals surface area contributed by atoms with Gasteiger partial charge in [0.05, 0.1) is 10.4 Å². The van der Waals surface area contributed by atoms with Gasteiger partial charge in [-0.25, -0.2) is 8.42 Å². The molecule has 1 aliphatic heterocycles. The number of nitrogens with one attached hydrogen (secondary N) is 1. The van der Waals surface area contributed by atoms with Crippen molar-refractivity contribution in [3.63, 3.8) is 0 Å². The molecule has 5 rings (SSSR count). The Morgan fingerprint density at radius 2 is 1.90 bits per heavy atom. The molecule has 1 saturated heterocycles. The zero-order valence-corrected chi connectivity index (χ0v) is 18.7. The van der Waals surface area contributed by atoms with E-state index in [0.29, 0.717) is 22.0 Å². The van der Waals surface area contributed by atoms with Crippen molar-refractivity contribution in [2.75, 3.05) is 19.6 Å². The van der Waals surface area contributed by atoms with Crippen LogP contribution in [0.4, 0.5) is 0 Å². The van der Waals surface area contributed by atoms with Crippen LogP contribution in [0, 0.1) is 0 Å². The van der Waals surface area contributed by atoms with Gasteiger partial charge >= 0.3 is 0 Å². The second kappa shape index (κ2) is 8.49. The van der Waals surface area contributed by atoms with Crippen LogP contribution < -0.4 is 4.74 Å². The highest BCUT2D eigenvalue weighted by molar-refractivity contribution is 7.91. The number of likely N-dealkylation sites (N-methyl/N-ethyl adjacent to an activating group) is 1. The van der Waals surface area contributed by atoms with E-state index in [-0.39, 0.29) is 28.4 Å². The van der Waals surface area contributed by atoms with Crippen molar-refractivity contribution >= 4 is 43.9 Å². The molecule has 1 aromatic heterocycles. The molecule has 0 amide bonds. The van der Waals surface area contributed by atoms with Crippen molar-refractivity contribution in [2.45, 2.75) is 29.4 Å². The first-order chi connectivity index (χ1) is 14.6. The zero-order chi connectivity index (χ0) is 20.7. The van der Waals surface area contributed by atoms with E-state index in [1.54, 1.807) is 24.3 Å². The van der Waals surface area contributed by atoms with E-state index in [2.05, 4.69) is 22.0 Å². The fourth-order valence-electron chi connectivity index (χ4n) is 4.16. The highest BCUT2D eigenvalue weighted by Crippen LogP contribution is 2.33. The van der Waals surface area contributed by atoms with Crippen LogP contribution in [0.3, 0.4) is 0 Å². The highest BCUT2D eigenvalue weighted by Gasteiger charge is 2.26. The van der Waals surface area contributed by atoms with Gasteiger partial charge < -0.3 is 4.74 Å². The third kappa shape index (κ3) is 3.89. The van der Waals surface area contributed by atoms with Crippen LogP contribution in [0.1, 0.15) is 13.3 Å². The lowest BCUT2D eigenvalue weighted by atomic mass is 10.1. The van der Waals surface area contributed by atoms with Crippen LogP contribution in [0.2, 0.25) is 0 Å². The fraction of sp³-hybridized carbons (Fsp3) is 0.261. The molecule has 1 atom stereocenters. The maximum atomic E-state index is 13.5. The summed E-state index contributed by atoms with van der Waals surface area (Å²) in [6.07, 6.45) is 1.09. The number of likely N-dealkylation sites (tertiary alicyclic amines) is 1. The third-order valence-corrected chi connectivity index (χ3v) is 7.56. The molecular weight excluding hydrogens is 434 g/mol. The van der Waals surface area contributed by atoms with Crippen molar-refractivity contribution in [2.24, 2.45) is 0 Å². The van der Waals surface area contributed by atoms with Gasteiger partial charge in [-0.05, 0) is 42.6 Å². The Hall–Kier alpha value is -2.61. The van der Waals surface area contributed by atoms with Crippen LogP contribution in [0.5, 0.6) is 5.75 Å². The number of ether oxygens (including phenoxy) is 1. The van der Waals surface area contributed by atoms with Crippen LogP contribution in [-0.2, 0) is 9.84 Å². The summed E-state index contributed by atoms with van der Waals surface area (Å²) in [6.45, 7) is 5.06. The van der Waals surface area contributed by atoms with Gasteiger partial charge in [0.2, 0.25) is 9.84 Å². The Kier molecular flexibility index (Phi) is 5.92. The van der Waals surface area contributed by atoms with Crippen LogP contribution in [0.25, 0.3) is 21.7 Å². The molecule has 0 bridgehead atoms. The van der Waals surface area contributed by atoms with Gasteiger partial charge in [-0.15, -0.1) is 12.4 Å². The molecule has 6 nitrogen and oxygen atoms in total. The summed E-state index contributed by atoms with van der Waals surface area (Å²) in [5.41, 5.74) is 0.600. The van der Waals surface area contributed by atoms with E-state index in [9.17, 15) is 8.42 Å². The number of rotatable bonds is 5.